The van der Waals surface area contributed by atoms with Gasteiger partial charge in [0.15, 0.2) is 0 Å². The van der Waals surface area contributed by atoms with Crippen molar-refractivity contribution >= 4 is 11.8 Å². The second-order valence-corrected chi connectivity index (χ2v) is 5.01. The van der Waals surface area contributed by atoms with Gasteiger partial charge < -0.3 is 5.11 Å². The molecule has 5 heteroatoms. The van der Waals surface area contributed by atoms with Crippen LogP contribution in [0.4, 0.5) is 4.39 Å². The van der Waals surface area contributed by atoms with Crippen molar-refractivity contribution in [1.82, 2.24) is 9.78 Å². The number of rotatable bonds is 5. The highest BCUT2D eigenvalue weighted by Gasteiger charge is 2.10. The molecule has 1 aromatic heterocycles. The van der Waals surface area contributed by atoms with E-state index in [0.717, 1.165) is 17.0 Å². The number of aliphatic hydroxyl groups is 1. The van der Waals surface area contributed by atoms with Crippen molar-refractivity contribution in [3.8, 4) is 0 Å². The monoisotopic (exact) mass is 266 g/mol. The molecule has 0 aliphatic carbocycles. The van der Waals surface area contributed by atoms with E-state index in [1.807, 2.05) is 19.2 Å². The van der Waals surface area contributed by atoms with Gasteiger partial charge in [-0.2, -0.15) is 5.10 Å². The summed E-state index contributed by atoms with van der Waals surface area (Å²) in [5, 5.41) is 14.1. The Morgan fingerprint density at radius 2 is 2.33 bits per heavy atom. The predicted octanol–water partition coefficient (Wildman–Crippen LogP) is 2.87. The second kappa shape index (κ2) is 6.02. The van der Waals surface area contributed by atoms with Crippen LogP contribution in [0.3, 0.4) is 0 Å². The SMILES string of the molecule is CCn1cc(C(O)CSc2cccc(F)c2)cn1. The minimum atomic E-state index is -0.585. The molecule has 0 fully saturated rings. The fourth-order valence-corrected chi connectivity index (χ4v) is 2.47. The van der Waals surface area contributed by atoms with Gasteiger partial charge in [-0.15, -0.1) is 11.8 Å². The summed E-state index contributed by atoms with van der Waals surface area (Å²) in [5.74, 6) is 0.229. The molecule has 3 nitrogen and oxygen atoms in total. The molecule has 18 heavy (non-hydrogen) atoms. The van der Waals surface area contributed by atoms with Gasteiger partial charge in [-0.3, -0.25) is 4.68 Å². The lowest BCUT2D eigenvalue weighted by Gasteiger charge is -2.07. The van der Waals surface area contributed by atoms with Gasteiger partial charge >= 0.3 is 0 Å². The van der Waals surface area contributed by atoms with Crippen LogP contribution in [-0.4, -0.2) is 20.6 Å². The number of nitrogens with zero attached hydrogens (tertiary/aromatic N) is 2. The lowest BCUT2D eigenvalue weighted by Crippen LogP contribution is -1.99. The van der Waals surface area contributed by atoms with Gasteiger partial charge in [0.2, 0.25) is 0 Å². The van der Waals surface area contributed by atoms with E-state index >= 15 is 0 Å². The van der Waals surface area contributed by atoms with Crippen LogP contribution in [0.25, 0.3) is 0 Å². The van der Waals surface area contributed by atoms with Crippen molar-refractivity contribution in [2.75, 3.05) is 5.75 Å². The summed E-state index contributed by atoms with van der Waals surface area (Å²) >= 11 is 1.43. The van der Waals surface area contributed by atoms with Crippen molar-refractivity contribution < 1.29 is 9.50 Å². The standard InChI is InChI=1S/C13H15FN2OS/c1-2-16-8-10(7-15-16)13(17)9-18-12-5-3-4-11(14)6-12/h3-8,13,17H,2,9H2,1H3. The molecule has 1 atom stereocenters. The smallest absolute Gasteiger partial charge is 0.124 e. The first-order valence-corrected chi connectivity index (χ1v) is 6.76. The number of hydrogen-bond acceptors (Lipinski definition) is 3. The van der Waals surface area contributed by atoms with Crippen LogP contribution in [0.15, 0.2) is 41.6 Å². The zero-order valence-corrected chi connectivity index (χ0v) is 10.9. The Bertz CT molecular complexity index is 515. The number of halogens is 1. The fourth-order valence-electron chi connectivity index (χ4n) is 1.55. The van der Waals surface area contributed by atoms with E-state index in [1.54, 1.807) is 16.9 Å². The zero-order valence-electron chi connectivity index (χ0n) is 10.1. The summed E-state index contributed by atoms with van der Waals surface area (Å²) in [5.41, 5.74) is 0.792. The molecule has 0 aliphatic heterocycles. The average molecular weight is 266 g/mol. The molecule has 2 aromatic rings. The summed E-state index contributed by atoms with van der Waals surface area (Å²) in [7, 11) is 0. The van der Waals surface area contributed by atoms with Crippen molar-refractivity contribution in [3.63, 3.8) is 0 Å². The molecular weight excluding hydrogens is 251 g/mol. The minimum absolute atomic E-state index is 0.256. The number of benzene rings is 1. The third kappa shape index (κ3) is 3.34. The Labute approximate surface area is 110 Å². The Balaban J connectivity index is 1.93. The highest BCUT2D eigenvalue weighted by atomic mass is 32.2. The number of hydrogen-bond donors (Lipinski definition) is 1. The van der Waals surface area contributed by atoms with E-state index in [2.05, 4.69) is 5.10 Å². The maximum Gasteiger partial charge on any atom is 0.124 e. The molecule has 2 rings (SSSR count). The van der Waals surface area contributed by atoms with E-state index in [0.29, 0.717) is 5.75 Å². The van der Waals surface area contributed by atoms with Crippen molar-refractivity contribution in [1.29, 1.82) is 0 Å². The van der Waals surface area contributed by atoms with Gasteiger partial charge in [-0.1, -0.05) is 6.07 Å². The Morgan fingerprint density at radius 3 is 3.00 bits per heavy atom. The summed E-state index contributed by atoms with van der Waals surface area (Å²) in [6.07, 6.45) is 2.91. The van der Waals surface area contributed by atoms with E-state index in [4.69, 9.17) is 0 Å². The van der Waals surface area contributed by atoms with E-state index < -0.39 is 6.10 Å². The highest BCUT2D eigenvalue weighted by Crippen LogP contribution is 2.24. The molecule has 0 amide bonds. The topological polar surface area (TPSA) is 38.0 Å². The fraction of sp³-hybridized carbons (Fsp3) is 0.308. The van der Waals surface area contributed by atoms with Gasteiger partial charge in [-0.25, -0.2) is 4.39 Å². The van der Waals surface area contributed by atoms with Crippen LogP contribution >= 0.6 is 11.8 Å². The quantitative estimate of drug-likeness (QED) is 0.846. The average Bonchev–Trinajstić information content (AvgIpc) is 2.85. The van der Waals surface area contributed by atoms with E-state index in [9.17, 15) is 9.50 Å². The Morgan fingerprint density at radius 1 is 1.50 bits per heavy atom. The van der Waals surface area contributed by atoms with E-state index in [-0.39, 0.29) is 5.82 Å². The van der Waals surface area contributed by atoms with E-state index in [1.165, 1.54) is 23.9 Å². The van der Waals surface area contributed by atoms with Gasteiger partial charge in [0.25, 0.3) is 0 Å². The lowest BCUT2D eigenvalue weighted by molar-refractivity contribution is 0.204. The molecule has 0 spiro atoms. The summed E-state index contributed by atoms with van der Waals surface area (Å²) in [4.78, 5) is 0.817. The molecule has 0 bridgehead atoms. The number of aryl methyl sites for hydroxylation is 1. The minimum Gasteiger partial charge on any atom is -0.387 e. The molecule has 1 N–H and O–H groups in total. The van der Waals surface area contributed by atoms with Crippen molar-refractivity contribution in [3.05, 3.63) is 48.0 Å². The molecule has 0 radical (unpaired) electrons. The van der Waals surface area contributed by atoms with Gasteiger partial charge in [0.05, 0.1) is 12.3 Å². The molecule has 0 aliphatic rings. The first kappa shape index (κ1) is 13.1. The Kier molecular flexibility index (Phi) is 4.38. The van der Waals surface area contributed by atoms with Crippen molar-refractivity contribution in [2.24, 2.45) is 0 Å². The van der Waals surface area contributed by atoms with Crippen LogP contribution < -0.4 is 0 Å². The molecule has 1 unspecified atom stereocenters. The van der Waals surface area contributed by atoms with Crippen molar-refractivity contribution in [2.45, 2.75) is 24.5 Å². The summed E-state index contributed by atoms with van der Waals surface area (Å²) in [6.45, 7) is 2.77. The largest absolute Gasteiger partial charge is 0.387 e. The third-order valence-corrected chi connectivity index (χ3v) is 3.64. The highest BCUT2D eigenvalue weighted by molar-refractivity contribution is 7.99. The normalized spacial score (nSPS) is 12.6. The van der Waals surface area contributed by atoms with Crippen LogP contribution in [0.2, 0.25) is 0 Å². The van der Waals surface area contributed by atoms with Gasteiger partial charge in [-0.05, 0) is 25.1 Å². The number of thioether (sulfide) groups is 1. The van der Waals surface area contributed by atoms with Crippen LogP contribution in [0, 0.1) is 5.82 Å². The van der Waals surface area contributed by atoms with Crippen LogP contribution in [0.1, 0.15) is 18.6 Å². The summed E-state index contributed by atoms with van der Waals surface area (Å²) in [6, 6.07) is 6.37. The molecule has 1 aromatic carbocycles. The molecular formula is C13H15FN2OS. The number of aliphatic hydroxyl groups excluding tert-OH is 1. The Hall–Kier alpha value is -1.33. The maximum atomic E-state index is 13.0. The van der Waals surface area contributed by atoms with Gasteiger partial charge in [0.1, 0.15) is 5.82 Å². The van der Waals surface area contributed by atoms with Gasteiger partial charge in [0, 0.05) is 29.0 Å². The predicted molar refractivity (Wildman–Crippen MR) is 70.0 cm³/mol. The molecule has 0 saturated heterocycles. The molecule has 0 saturated carbocycles. The second-order valence-electron chi connectivity index (χ2n) is 3.91. The lowest BCUT2D eigenvalue weighted by atomic mass is 10.2. The first-order valence-electron chi connectivity index (χ1n) is 5.78. The third-order valence-electron chi connectivity index (χ3n) is 2.57. The van der Waals surface area contributed by atoms with Crippen LogP contribution in [-0.2, 0) is 6.54 Å². The molecule has 1 heterocycles. The maximum absolute atomic E-state index is 13.0. The summed E-state index contributed by atoms with van der Waals surface area (Å²) < 4.78 is 14.7. The zero-order chi connectivity index (χ0) is 13.0. The van der Waals surface area contributed by atoms with Crippen LogP contribution in [0.5, 0.6) is 0 Å². The first-order chi connectivity index (χ1) is 8.69. The number of aromatic nitrogens is 2. The molecule has 96 valence electrons.